The minimum atomic E-state index is -3.93. The molecule has 190 valence electrons. The second-order valence-electron chi connectivity index (χ2n) is 8.99. The zero-order chi connectivity index (χ0) is 25.7. The Balaban J connectivity index is 1.33. The highest BCUT2D eigenvalue weighted by molar-refractivity contribution is 7.98. The number of aryl methyl sites for hydroxylation is 1. The summed E-state index contributed by atoms with van der Waals surface area (Å²) >= 11 is 1.30. The lowest BCUT2D eigenvalue weighted by Gasteiger charge is -2.20. The maximum atomic E-state index is 12.7. The SMILES string of the molecule is CC1=CC(S(=O)(=O)NC(=O)Nc2ccc3c(c2)CCN(C(=O)NSc2cccc(C)c2)CC3)=CCC1. The third-order valence-corrected chi connectivity index (χ3v) is 8.23. The van der Waals surface area contributed by atoms with Gasteiger partial charge in [0, 0.05) is 23.7 Å². The maximum absolute atomic E-state index is 12.7. The van der Waals surface area contributed by atoms with Crippen molar-refractivity contribution >= 4 is 39.7 Å². The van der Waals surface area contributed by atoms with Gasteiger partial charge in [-0.25, -0.2) is 22.7 Å². The number of nitrogens with one attached hydrogen (secondary N) is 3. The summed E-state index contributed by atoms with van der Waals surface area (Å²) in [5, 5.41) is 2.62. The first-order valence-corrected chi connectivity index (χ1v) is 14.1. The molecule has 0 unspecified atom stereocenters. The molecule has 0 saturated carbocycles. The van der Waals surface area contributed by atoms with E-state index in [1.54, 1.807) is 23.1 Å². The molecule has 1 heterocycles. The van der Waals surface area contributed by atoms with E-state index in [0.29, 0.717) is 38.0 Å². The summed E-state index contributed by atoms with van der Waals surface area (Å²) in [4.78, 5) is 28.0. The maximum Gasteiger partial charge on any atom is 0.333 e. The van der Waals surface area contributed by atoms with E-state index in [9.17, 15) is 18.0 Å². The second kappa shape index (κ2) is 11.2. The molecule has 2 aromatic rings. The lowest BCUT2D eigenvalue weighted by molar-refractivity contribution is 0.207. The zero-order valence-electron chi connectivity index (χ0n) is 20.3. The quantitative estimate of drug-likeness (QED) is 0.481. The van der Waals surface area contributed by atoms with Crippen molar-refractivity contribution < 1.29 is 18.0 Å². The molecule has 0 bridgehead atoms. The van der Waals surface area contributed by atoms with Crippen molar-refractivity contribution in [1.82, 2.24) is 14.3 Å². The van der Waals surface area contributed by atoms with Gasteiger partial charge in [-0.05, 0) is 98.5 Å². The Morgan fingerprint density at radius 2 is 1.75 bits per heavy atom. The topological polar surface area (TPSA) is 108 Å². The summed E-state index contributed by atoms with van der Waals surface area (Å²) < 4.78 is 30.1. The highest BCUT2D eigenvalue weighted by atomic mass is 32.2. The van der Waals surface area contributed by atoms with Crippen LogP contribution in [0.15, 0.2) is 70.0 Å². The van der Waals surface area contributed by atoms with Gasteiger partial charge in [0.15, 0.2) is 0 Å². The average molecular weight is 527 g/mol. The molecular weight excluding hydrogens is 496 g/mol. The van der Waals surface area contributed by atoms with Crippen molar-refractivity contribution in [3.05, 3.63) is 81.8 Å². The number of allylic oxidation sites excluding steroid dienone is 3. The van der Waals surface area contributed by atoms with E-state index in [-0.39, 0.29) is 10.9 Å². The highest BCUT2D eigenvalue weighted by Crippen LogP contribution is 2.23. The third kappa shape index (κ3) is 6.70. The number of urea groups is 2. The fraction of sp³-hybridized carbons (Fsp3) is 0.308. The van der Waals surface area contributed by atoms with E-state index >= 15 is 0 Å². The van der Waals surface area contributed by atoms with Gasteiger partial charge in [-0.3, -0.25) is 4.72 Å². The van der Waals surface area contributed by atoms with Crippen molar-refractivity contribution in [1.29, 1.82) is 0 Å². The summed E-state index contributed by atoms with van der Waals surface area (Å²) in [6, 6.07) is 12.5. The molecule has 3 N–H and O–H groups in total. The van der Waals surface area contributed by atoms with Gasteiger partial charge in [0.05, 0.1) is 4.91 Å². The Morgan fingerprint density at radius 3 is 2.50 bits per heavy atom. The molecular formula is C26H30N4O4S2. The Labute approximate surface area is 216 Å². The molecule has 2 aliphatic rings. The van der Waals surface area contributed by atoms with Crippen LogP contribution in [0.2, 0.25) is 0 Å². The van der Waals surface area contributed by atoms with Crippen LogP contribution in [0.4, 0.5) is 15.3 Å². The Morgan fingerprint density at radius 1 is 0.972 bits per heavy atom. The van der Waals surface area contributed by atoms with Gasteiger partial charge in [0.1, 0.15) is 0 Å². The molecule has 36 heavy (non-hydrogen) atoms. The monoisotopic (exact) mass is 526 g/mol. The number of nitrogens with zero attached hydrogens (tertiary/aromatic N) is 1. The van der Waals surface area contributed by atoms with E-state index in [4.69, 9.17) is 0 Å². The normalized spacial score (nSPS) is 15.7. The molecule has 0 aromatic heterocycles. The van der Waals surface area contributed by atoms with Crippen LogP contribution in [0.1, 0.15) is 36.5 Å². The van der Waals surface area contributed by atoms with Crippen LogP contribution < -0.4 is 14.8 Å². The molecule has 8 nitrogen and oxygen atoms in total. The van der Waals surface area contributed by atoms with E-state index in [2.05, 4.69) is 14.8 Å². The first-order chi connectivity index (χ1) is 17.2. The van der Waals surface area contributed by atoms with Crippen molar-refractivity contribution in [3.8, 4) is 0 Å². The van der Waals surface area contributed by atoms with E-state index < -0.39 is 16.1 Å². The summed E-state index contributed by atoms with van der Waals surface area (Å²) in [6.45, 7) is 5.00. The standard InChI is InChI=1S/C26H30N4O4S2/c1-18-5-3-7-23(15-18)35-28-26(32)30-13-11-20-9-10-22(17-21(20)12-14-30)27-25(31)29-36(33,34)24-8-4-6-19(2)16-24/h3,5,7-10,15-17H,4,6,11-14H2,1-2H3,(H,28,32)(H2,27,29,31). The van der Waals surface area contributed by atoms with Crippen molar-refractivity contribution in [2.45, 2.75) is 44.4 Å². The first kappa shape index (κ1) is 25.8. The number of hydrogen-bond acceptors (Lipinski definition) is 5. The predicted octanol–water partition coefficient (Wildman–Crippen LogP) is 4.89. The average Bonchev–Trinajstić information content (AvgIpc) is 3.04. The number of hydrogen-bond donors (Lipinski definition) is 3. The Hall–Kier alpha value is -3.24. The molecule has 0 saturated heterocycles. The van der Waals surface area contributed by atoms with E-state index in [1.165, 1.54) is 11.9 Å². The molecule has 10 heteroatoms. The first-order valence-electron chi connectivity index (χ1n) is 11.8. The number of amides is 4. The van der Waals surface area contributed by atoms with Gasteiger partial charge in [-0.15, -0.1) is 0 Å². The minimum absolute atomic E-state index is 0.113. The molecule has 0 fully saturated rings. The number of carbonyl (C=O) groups excluding carboxylic acids is 2. The Bertz CT molecular complexity index is 1340. The minimum Gasteiger partial charge on any atom is -0.323 e. The van der Waals surface area contributed by atoms with E-state index in [0.717, 1.165) is 33.6 Å². The van der Waals surface area contributed by atoms with Crippen molar-refractivity contribution in [2.75, 3.05) is 18.4 Å². The molecule has 2 aromatic carbocycles. The van der Waals surface area contributed by atoms with Gasteiger partial charge < -0.3 is 10.2 Å². The van der Waals surface area contributed by atoms with Crippen LogP contribution in [0, 0.1) is 6.92 Å². The van der Waals surface area contributed by atoms with Gasteiger partial charge in [-0.1, -0.05) is 29.8 Å². The number of anilines is 1. The summed E-state index contributed by atoms with van der Waals surface area (Å²) in [6.07, 6.45) is 5.97. The van der Waals surface area contributed by atoms with Crippen LogP contribution in [-0.4, -0.2) is 38.5 Å². The third-order valence-electron chi connectivity index (χ3n) is 6.11. The van der Waals surface area contributed by atoms with Crippen LogP contribution in [0.5, 0.6) is 0 Å². The van der Waals surface area contributed by atoms with Gasteiger partial charge >= 0.3 is 12.1 Å². The summed E-state index contributed by atoms with van der Waals surface area (Å²) in [5.41, 5.74) is 4.71. The molecule has 4 amide bonds. The fourth-order valence-corrected chi connectivity index (χ4v) is 6.03. The predicted molar refractivity (Wildman–Crippen MR) is 143 cm³/mol. The van der Waals surface area contributed by atoms with Gasteiger partial charge in [-0.2, -0.15) is 0 Å². The lowest BCUT2D eigenvalue weighted by Crippen LogP contribution is -2.38. The van der Waals surface area contributed by atoms with Crippen LogP contribution in [0.25, 0.3) is 0 Å². The van der Waals surface area contributed by atoms with Crippen LogP contribution in [-0.2, 0) is 22.9 Å². The molecule has 1 aliphatic heterocycles. The lowest BCUT2D eigenvalue weighted by atomic mass is 10.0. The van der Waals surface area contributed by atoms with Crippen LogP contribution in [0.3, 0.4) is 0 Å². The number of sulfonamides is 1. The molecule has 0 spiro atoms. The smallest absolute Gasteiger partial charge is 0.323 e. The molecule has 0 radical (unpaired) electrons. The summed E-state index contributed by atoms with van der Waals surface area (Å²) in [5.74, 6) is 0. The highest BCUT2D eigenvalue weighted by Gasteiger charge is 2.22. The molecule has 4 rings (SSSR count). The largest absolute Gasteiger partial charge is 0.333 e. The second-order valence-corrected chi connectivity index (χ2v) is 11.6. The molecule has 0 atom stereocenters. The number of fused-ring (bicyclic) bond motifs is 1. The number of carbonyl (C=O) groups is 2. The van der Waals surface area contributed by atoms with Gasteiger partial charge in [0.25, 0.3) is 10.0 Å². The zero-order valence-corrected chi connectivity index (χ0v) is 22.0. The van der Waals surface area contributed by atoms with E-state index in [1.807, 2.05) is 50.2 Å². The molecule has 1 aliphatic carbocycles. The van der Waals surface area contributed by atoms with Crippen molar-refractivity contribution in [3.63, 3.8) is 0 Å². The van der Waals surface area contributed by atoms with Crippen LogP contribution >= 0.6 is 11.9 Å². The number of rotatable bonds is 5. The van der Waals surface area contributed by atoms with Gasteiger partial charge in [0.2, 0.25) is 0 Å². The fourth-order valence-electron chi connectivity index (χ4n) is 4.19. The summed E-state index contributed by atoms with van der Waals surface area (Å²) in [7, 11) is -3.93. The Kier molecular flexibility index (Phi) is 8.05. The number of benzene rings is 2. The van der Waals surface area contributed by atoms with Crippen molar-refractivity contribution in [2.24, 2.45) is 0 Å².